The van der Waals surface area contributed by atoms with Crippen LogP contribution in [0.5, 0.6) is 17.2 Å². The maximum atomic E-state index is 10.4. The lowest BCUT2D eigenvalue weighted by Gasteiger charge is -2.14. The Kier molecular flexibility index (Phi) is 5.51. The van der Waals surface area contributed by atoms with Crippen LogP contribution in [0.25, 0.3) is 17.1 Å². The van der Waals surface area contributed by atoms with Crippen LogP contribution in [-0.4, -0.2) is 37.1 Å². The number of aromatic nitrogens is 3. The van der Waals surface area contributed by atoms with E-state index in [4.69, 9.17) is 22.7 Å². The number of hydrogen-bond donors (Lipinski definition) is 3. The molecule has 2 aromatic carbocycles. The summed E-state index contributed by atoms with van der Waals surface area (Å²) in [5, 5.41) is 28.8. The van der Waals surface area contributed by atoms with Gasteiger partial charge < -0.3 is 20.7 Å². The zero-order chi connectivity index (χ0) is 20.4. The molecule has 146 valence electrons. The summed E-state index contributed by atoms with van der Waals surface area (Å²) in [4.78, 5) is 0.285. The van der Waals surface area contributed by atoms with Crippen molar-refractivity contribution < 1.29 is 14.9 Å². The van der Waals surface area contributed by atoms with Crippen molar-refractivity contribution in [3.63, 3.8) is 0 Å². The van der Waals surface area contributed by atoms with Gasteiger partial charge in [0.1, 0.15) is 11.6 Å². The van der Waals surface area contributed by atoms with Gasteiger partial charge in [0.2, 0.25) is 0 Å². The molecular weight excluding hydrogens is 376 g/mol. The van der Waals surface area contributed by atoms with Crippen molar-refractivity contribution >= 4 is 17.2 Å². The number of nitrogens with two attached hydrogens (primary N) is 1. The quantitative estimate of drug-likeness (QED) is 0.547. The summed E-state index contributed by atoms with van der Waals surface area (Å²) >= 11 is 5.06. The topological polar surface area (TPSA) is 106 Å². The number of benzene rings is 2. The van der Waals surface area contributed by atoms with Gasteiger partial charge in [0.25, 0.3) is 0 Å². The van der Waals surface area contributed by atoms with Gasteiger partial charge in [0, 0.05) is 11.8 Å². The van der Waals surface area contributed by atoms with Gasteiger partial charge in [-0.2, -0.15) is 0 Å². The molecule has 7 nitrogen and oxygen atoms in total. The van der Waals surface area contributed by atoms with Crippen molar-refractivity contribution in [2.45, 2.75) is 26.2 Å². The van der Waals surface area contributed by atoms with Gasteiger partial charge in [-0.1, -0.05) is 38.2 Å². The fourth-order valence-corrected chi connectivity index (χ4v) is 3.08. The van der Waals surface area contributed by atoms with Gasteiger partial charge in [-0.3, -0.25) is 4.57 Å². The fraction of sp³-hybridized carbons (Fsp3) is 0.250. The first kappa shape index (κ1) is 19.6. The zero-order valence-electron chi connectivity index (χ0n) is 15.9. The zero-order valence-corrected chi connectivity index (χ0v) is 16.7. The van der Waals surface area contributed by atoms with Crippen molar-refractivity contribution in [1.82, 2.24) is 14.8 Å². The summed E-state index contributed by atoms with van der Waals surface area (Å²) in [6, 6.07) is 10.7. The molecule has 0 aliphatic carbocycles. The van der Waals surface area contributed by atoms with E-state index in [2.05, 4.69) is 24.0 Å². The molecule has 0 fully saturated rings. The second-order valence-corrected chi connectivity index (χ2v) is 7.23. The van der Waals surface area contributed by atoms with Crippen LogP contribution >= 0.6 is 12.2 Å². The largest absolute Gasteiger partial charge is 0.507 e. The third-order valence-corrected chi connectivity index (χ3v) is 4.54. The van der Waals surface area contributed by atoms with E-state index >= 15 is 0 Å². The molecule has 0 aliphatic heterocycles. The van der Waals surface area contributed by atoms with E-state index in [0.29, 0.717) is 23.1 Å². The van der Waals surface area contributed by atoms with E-state index in [-0.39, 0.29) is 28.7 Å². The Balaban J connectivity index is 2.26. The molecule has 0 atom stereocenters. The smallest absolute Gasteiger partial charge is 0.172 e. The molecule has 0 spiro atoms. The van der Waals surface area contributed by atoms with Crippen molar-refractivity contribution in [3.05, 3.63) is 47.8 Å². The van der Waals surface area contributed by atoms with E-state index in [1.165, 1.54) is 19.2 Å². The highest BCUT2D eigenvalue weighted by atomic mass is 32.1. The Hall–Kier alpha value is -3.13. The minimum absolute atomic E-state index is 0.145. The molecule has 0 bridgehead atoms. The maximum Gasteiger partial charge on any atom is 0.172 e. The summed E-state index contributed by atoms with van der Waals surface area (Å²) in [5.74, 6) is 1.18. The molecule has 0 unspecified atom stereocenters. The number of phenols is 2. The van der Waals surface area contributed by atoms with Gasteiger partial charge in [0.15, 0.2) is 17.3 Å². The van der Waals surface area contributed by atoms with Gasteiger partial charge in [-0.15, -0.1) is 10.2 Å². The number of nitrogens with zero attached hydrogens (tertiary/aromatic N) is 3. The van der Waals surface area contributed by atoms with Gasteiger partial charge in [-0.05, 0) is 29.7 Å². The summed E-state index contributed by atoms with van der Waals surface area (Å²) in [5.41, 5.74) is 8.08. The monoisotopic (exact) mass is 398 g/mol. The van der Waals surface area contributed by atoms with Crippen molar-refractivity contribution in [2.24, 2.45) is 5.73 Å². The first-order valence-corrected chi connectivity index (χ1v) is 9.16. The first-order valence-electron chi connectivity index (χ1n) is 8.75. The number of aromatic hydroxyl groups is 2. The fourth-order valence-electron chi connectivity index (χ4n) is 2.96. The SMILES string of the molecule is COc1cc(-c2nnc(CC(N)=S)n2-c2cccc(C(C)C)c2)c(O)cc1O. The third-order valence-electron chi connectivity index (χ3n) is 4.40. The summed E-state index contributed by atoms with van der Waals surface area (Å²) in [6.45, 7) is 4.22. The van der Waals surface area contributed by atoms with E-state index in [1.54, 1.807) is 4.57 Å². The first-order chi connectivity index (χ1) is 13.3. The van der Waals surface area contributed by atoms with Crippen LogP contribution < -0.4 is 10.5 Å². The molecule has 0 amide bonds. The second-order valence-electron chi connectivity index (χ2n) is 6.71. The van der Waals surface area contributed by atoms with Crippen LogP contribution in [0.15, 0.2) is 36.4 Å². The molecule has 0 saturated heterocycles. The molecule has 28 heavy (non-hydrogen) atoms. The van der Waals surface area contributed by atoms with Crippen LogP contribution in [0.4, 0.5) is 0 Å². The standard InChI is InChI=1S/C20H22N4O3S/c1-11(2)12-5-4-6-13(7-12)24-19(10-18(21)28)22-23-20(24)14-8-17(27-3)16(26)9-15(14)25/h4-9,11,25-26H,10H2,1-3H3,(H2,21,28). The van der Waals surface area contributed by atoms with Gasteiger partial charge >= 0.3 is 0 Å². The van der Waals surface area contributed by atoms with Gasteiger partial charge in [-0.25, -0.2) is 0 Å². The van der Waals surface area contributed by atoms with Crippen LogP contribution in [0.2, 0.25) is 0 Å². The van der Waals surface area contributed by atoms with Crippen LogP contribution in [-0.2, 0) is 6.42 Å². The number of thiocarbonyl (C=S) groups is 1. The number of rotatable bonds is 6. The Labute approximate surface area is 168 Å². The molecule has 4 N–H and O–H groups in total. The minimum Gasteiger partial charge on any atom is -0.507 e. The highest BCUT2D eigenvalue weighted by molar-refractivity contribution is 7.80. The summed E-state index contributed by atoms with van der Waals surface area (Å²) < 4.78 is 6.97. The predicted octanol–water partition coefficient (Wildman–Crippen LogP) is 3.31. The van der Waals surface area contributed by atoms with Crippen molar-refractivity contribution in [1.29, 1.82) is 0 Å². The van der Waals surface area contributed by atoms with Crippen molar-refractivity contribution in [2.75, 3.05) is 7.11 Å². The number of phenolic OH excluding ortho intramolecular Hbond substituents is 2. The third kappa shape index (κ3) is 3.77. The molecule has 1 aromatic heterocycles. The van der Waals surface area contributed by atoms with E-state index < -0.39 is 0 Å². The average Bonchev–Trinajstić information content (AvgIpc) is 3.04. The lowest BCUT2D eigenvalue weighted by molar-refractivity contribution is 0.370. The highest BCUT2D eigenvalue weighted by Gasteiger charge is 2.21. The van der Waals surface area contributed by atoms with Crippen LogP contribution in [0, 0.1) is 0 Å². The Morgan fingerprint density at radius 3 is 2.57 bits per heavy atom. The second kappa shape index (κ2) is 7.85. The molecule has 0 aliphatic rings. The lowest BCUT2D eigenvalue weighted by atomic mass is 10.0. The molecule has 3 aromatic rings. The molecule has 1 heterocycles. The number of hydrogen-bond acceptors (Lipinski definition) is 6. The van der Waals surface area contributed by atoms with Crippen molar-refractivity contribution in [3.8, 4) is 34.3 Å². The molecular formula is C20H22N4O3S. The summed E-state index contributed by atoms with van der Waals surface area (Å²) in [6.07, 6.45) is 0.254. The van der Waals surface area contributed by atoms with E-state index in [9.17, 15) is 10.2 Å². The predicted molar refractivity (Wildman–Crippen MR) is 111 cm³/mol. The molecule has 8 heteroatoms. The minimum atomic E-state index is -0.167. The maximum absolute atomic E-state index is 10.4. The van der Waals surface area contributed by atoms with Crippen LogP contribution in [0.1, 0.15) is 31.2 Å². The van der Waals surface area contributed by atoms with E-state index in [1.807, 2.05) is 24.3 Å². The van der Waals surface area contributed by atoms with Gasteiger partial charge in [0.05, 0.1) is 24.1 Å². The summed E-state index contributed by atoms with van der Waals surface area (Å²) in [7, 11) is 1.44. The molecule has 0 saturated carbocycles. The number of ether oxygens (including phenoxy) is 1. The Bertz CT molecular complexity index is 1030. The van der Waals surface area contributed by atoms with E-state index in [0.717, 1.165) is 11.3 Å². The Morgan fingerprint density at radius 2 is 1.93 bits per heavy atom. The van der Waals surface area contributed by atoms with Crippen LogP contribution in [0.3, 0.4) is 0 Å². The molecule has 3 rings (SSSR count). The molecule has 0 radical (unpaired) electrons. The normalized spacial score (nSPS) is 11.0. The lowest BCUT2D eigenvalue weighted by Crippen LogP contribution is -2.15. The average molecular weight is 398 g/mol. The number of methoxy groups -OCH3 is 1. The Morgan fingerprint density at radius 1 is 1.18 bits per heavy atom. The highest BCUT2D eigenvalue weighted by Crippen LogP contribution is 2.39.